The van der Waals surface area contributed by atoms with Gasteiger partial charge in [0.05, 0.1) is 17.0 Å². The lowest BCUT2D eigenvalue weighted by molar-refractivity contribution is -0.396. The first-order valence-electron chi connectivity index (χ1n) is 6.04. The molecule has 0 aromatic heterocycles. The first kappa shape index (κ1) is 15.9. The Morgan fingerprint density at radius 1 is 0.950 bits per heavy atom. The highest BCUT2D eigenvalue weighted by atomic mass is 16.6. The smallest absolute Gasteiger partial charge is 0.320 e. The molecule has 1 rings (SSSR count). The number of nitrogens with zero attached hydrogens (tertiary/aromatic N) is 2. The van der Waals surface area contributed by atoms with Crippen LogP contribution in [0.1, 0.15) is 37.5 Å². The second-order valence-corrected chi connectivity index (χ2v) is 5.62. The summed E-state index contributed by atoms with van der Waals surface area (Å²) in [5, 5.41) is 22.5. The van der Waals surface area contributed by atoms with Crippen LogP contribution in [0.2, 0.25) is 0 Å². The molecule has 0 radical (unpaired) electrons. The van der Waals surface area contributed by atoms with E-state index in [1.54, 1.807) is 6.92 Å². The summed E-state index contributed by atoms with van der Waals surface area (Å²) in [6.45, 7) is 8.47. The highest BCUT2D eigenvalue weighted by molar-refractivity contribution is 5.70. The Bertz CT molecular complexity index is 588. The van der Waals surface area contributed by atoms with Crippen molar-refractivity contribution in [3.05, 3.63) is 36.9 Å². The summed E-state index contributed by atoms with van der Waals surface area (Å²) in [6.07, 6.45) is 0. The summed E-state index contributed by atoms with van der Waals surface area (Å²) >= 11 is 0. The van der Waals surface area contributed by atoms with Gasteiger partial charge in [0, 0.05) is 11.1 Å². The fraction of sp³-hybridized carbons (Fsp3) is 0.538. The maximum atomic E-state index is 11.3. The van der Waals surface area contributed by atoms with E-state index < -0.39 is 15.3 Å². The quantitative estimate of drug-likeness (QED) is 0.625. The zero-order chi connectivity index (χ0) is 15.8. The number of rotatable bonds is 3. The zero-order valence-electron chi connectivity index (χ0n) is 12.4. The van der Waals surface area contributed by atoms with Gasteiger partial charge in [0.2, 0.25) is 5.75 Å². The average molecular weight is 282 g/mol. The molecule has 7 heteroatoms. The lowest BCUT2D eigenvalue weighted by atomic mass is 9.81. The fourth-order valence-electron chi connectivity index (χ4n) is 2.57. The van der Waals surface area contributed by atoms with Crippen molar-refractivity contribution >= 4 is 11.4 Å². The summed E-state index contributed by atoms with van der Waals surface area (Å²) in [7, 11) is 1.34. The van der Waals surface area contributed by atoms with Crippen LogP contribution in [-0.2, 0) is 5.41 Å². The van der Waals surface area contributed by atoms with Crippen LogP contribution in [0.25, 0.3) is 0 Å². The van der Waals surface area contributed by atoms with E-state index in [1.165, 1.54) is 14.0 Å². The Hall–Kier alpha value is -2.18. The second kappa shape index (κ2) is 5.07. The number of nitro groups is 2. The number of ether oxygens (including phenoxy) is 1. The average Bonchev–Trinajstić information content (AvgIpc) is 2.24. The molecule has 20 heavy (non-hydrogen) atoms. The van der Waals surface area contributed by atoms with Crippen LogP contribution < -0.4 is 4.74 Å². The molecule has 0 aliphatic rings. The van der Waals surface area contributed by atoms with Gasteiger partial charge >= 0.3 is 5.69 Å². The van der Waals surface area contributed by atoms with E-state index in [4.69, 9.17) is 4.74 Å². The number of methoxy groups -OCH3 is 1. The zero-order valence-corrected chi connectivity index (χ0v) is 12.4. The van der Waals surface area contributed by atoms with Crippen LogP contribution in [0.4, 0.5) is 11.4 Å². The van der Waals surface area contributed by atoms with Crippen molar-refractivity contribution in [3.8, 4) is 5.75 Å². The SMILES string of the molecule is COc1c([N+](=O)[O-])c(C)c([N+](=O)[O-])c(C)c1C(C)(C)C. The third kappa shape index (κ3) is 2.43. The van der Waals surface area contributed by atoms with Crippen molar-refractivity contribution in [2.45, 2.75) is 40.0 Å². The van der Waals surface area contributed by atoms with E-state index in [0.717, 1.165) is 0 Å². The van der Waals surface area contributed by atoms with Crippen molar-refractivity contribution in [3.63, 3.8) is 0 Å². The number of nitro benzene ring substituents is 2. The Balaban J connectivity index is 4.03. The second-order valence-electron chi connectivity index (χ2n) is 5.62. The predicted molar refractivity (Wildman–Crippen MR) is 74.5 cm³/mol. The van der Waals surface area contributed by atoms with Crippen LogP contribution in [0.3, 0.4) is 0 Å². The van der Waals surface area contributed by atoms with Gasteiger partial charge in [-0.3, -0.25) is 20.2 Å². The van der Waals surface area contributed by atoms with E-state index in [-0.39, 0.29) is 22.7 Å². The van der Waals surface area contributed by atoms with Gasteiger partial charge in [0.25, 0.3) is 5.69 Å². The molecule has 0 unspecified atom stereocenters. The molecule has 0 amide bonds. The molecule has 0 aliphatic heterocycles. The molecular formula is C13H18N2O5. The summed E-state index contributed by atoms with van der Waals surface area (Å²) in [5.74, 6) is 0.100. The Kier molecular flexibility index (Phi) is 4.02. The number of hydrogen-bond acceptors (Lipinski definition) is 5. The van der Waals surface area contributed by atoms with E-state index in [1.807, 2.05) is 20.8 Å². The van der Waals surface area contributed by atoms with Gasteiger partial charge in [-0.2, -0.15) is 0 Å². The largest absolute Gasteiger partial charge is 0.490 e. The topological polar surface area (TPSA) is 95.5 Å². The molecule has 0 N–H and O–H groups in total. The van der Waals surface area contributed by atoms with E-state index in [0.29, 0.717) is 11.1 Å². The minimum absolute atomic E-state index is 0.0161. The van der Waals surface area contributed by atoms with Gasteiger partial charge in [-0.15, -0.1) is 0 Å². The summed E-state index contributed by atoms with van der Waals surface area (Å²) in [5.41, 5.74) is -0.162. The van der Waals surface area contributed by atoms with Crippen molar-refractivity contribution in [1.29, 1.82) is 0 Å². The third-order valence-corrected chi connectivity index (χ3v) is 3.20. The van der Waals surface area contributed by atoms with Crippen molar-refractivity contribution in [2.24, 2.45) is 0 Å². The molecular weight excluding hydrogens is 264 g/mol. The van der Waals surface area contributed by atoms with Gasteiger partial charge in [0.15, 0.2) is 0 Å². The molecule has 1 aromatic rings. The summed E-state index contributed by atoms with van der Waals surface area (Å²) in [4.78, 5) is 21.3. The van der Waals surface area contributed by atoms with Gasteiger partial charge in [-0.25, -0.2) is 0 Å². The maximum Gasteiger partial charge on any atom is 0.320 e. The van der Waals surface area contributed by atoms with E-state index in [9.17, 15) is 20.2 Å². The van der Waals surface area contributed by atoms with Crippen molar-refractivity contribution in [2.75, 3.05) is 7.11 Å². The lowest BCUT2D eigenvalue weighted by Crippen LogP contribution is -2.18. The molecule has 0 atom stereocenters. The van der Waals surface area contributed by atoms with E-state index >= 15 is 0 Å². The summed E-state index contributed by atoms with van der Waals surface area (Å²) in [6, 6.07) is 0. The van der Waals surface area contributed by atoms with Gasteiger partial charge in [-0.1, -0.05) is 20.8 Å². The van der Waals surface area contributed by atoms with Crippen LogP contribution in [0, 0.1) is 34.1 Å². The lowest BCUT2D eigenvalue weighted by Gasteiger charge is -2.24. The Labute approximate surface area is 116 Å². The standard InChI is InChI=1S/C13H18N2O5/c1-7-9(13(3,4)5)12(20-6)11(15(18)19)8(2)10(7)14(16)17/h1-6H3. The molecule has 0 spiro atoms. The summed E-state index contributed by atoms with van der Waals surface area (Å²) < 4.78 is 5.20. The molecule has 0 aliphatic carbocycles. The highest BCUT2D eigenvalue weighted by Gasteiger charge is 2.37. The highest BCUT2D eigenvalue weighted by Crippen LogP contribution is 2.47. The number of benzene rings is 1. The third-order valence-electron chi connectivity index (χ3n) is 3.20. The fourth-order valence-corrected chi connectivity index (χ4v) is 2.57. The first-order chi connectivity index (χ1) is 9.03. The molecule has 0 heterocycles. The Morgan fingerprint density at radius 3 is 1.70 bits per heavy atom. The van der Waals surface area contributed by atoms with Gasteiger partial charge < -0.3 is 4.74 Å². The van der Waals surface area contributed by atoms with Gasteiger partial charge in [-0.05, 0) is 19.3 Å². The van der Waals surface area contributed by atoms with Crippen LogP contribution >= 0.6 is 0 Å². The molecule has 7 nitrogen and oxygen atoms in total. The Morgan fingerprint density at radius 2 is 1.40 bits per heavy atom. The van der Waals surface area contributed by atoms with E-state index in [2.05, 4.69) is 0 Å². The molecule has 1 aromatic carbocycles. The molecule has 0 bridgehead atoms. The van der Waals surface area contributed by atoms with Crippen LogP contribution in [0.5, 0.6) is 5.75 Å². The van der Waals surface area contributed by atoms with Crippen LogP contribution in [0.15, 0.2) is 0 Å². The molecule has 110 valence electrons. The molecule has 0 saturated heterocycles. The predicted octanol–water partition coefficient (Wildman–Crippen LogP) is 3.43. The van der Waals surface area contributed by atoms with Crippen molar-refractivity contribution < 1.29 is 14.6 Å². The number of hydrogen-bond donors (Lipinski definition) is 0. The molecule has 0 fully saturated rings. The minimum Gasteiger partial charge on any atom is -0.490 e. The van der Waals surface area contributed by atoms with Crippen molar-refractivity contribution in [1.82, 2.24) is 0 Å². The molecule has 0 saturated carbocycles. The van der Waals surface area contributed by atoms with Gasteiger partial charge in [0.1, 0.15) is 5.56 Å². The maximum absolute atomic E-state index is 11.3. The minimum atomic E-state index is -0.629. The normalized spacial score (nSPS) is 11.3. The van der Waals surface area contributed by atoms with Crippen LogP contribution in [-0.4, -0.2) is 17.0 Å². The first-order valence-corrected chi connectivity index (χ1v) is 6.04. The monoisotopic (exact) mass is 282 g/mol.